The molecule has 0 bridgehead atoms. The molecule has 0 saturated carbocycles. The quantitative estimate of drug-likeness (QED) is 0.810. The zero-order valence-corrected chi connectivity index (χ0v) is 15.4. The summed E-state index contributed by atoms with van der Waals surface area (Å²) < 4.78 is 32.8. The van der Waals surface area contributed by atoms with Crippen LogP contribution in [0, 0.1) is 5.92 Å². The second-order valence-corrected chi connectivity index (χ2v) is 8.24. The molecule has 0 radical (unpaired) electrons. The predicted molar refractivity (Wildman–Crippen MR) is 90.7 cm³/mol. The van der Waals surface area contributed by atoms with Crippen molar-refractivity contribution in [2.24, 2.45) is 5.92 Å². The Hall–Kier alpha value is -0.630. The highest BCUT2D eigenvalue weighted by atomic mass is 79.9. The number of benzene rings is 1. The average Bonchev–Trinajstić information content (AvgIpc) is 2.53. The van der Waals surface area contributed by atoms with Crippen LogP contribution in [0.15, 0.2) is 27.6 Å². The Balaban J connectivity index is 2.07. The number of nitrogens with zero attached hydrogens (tertiary/aromatic N) is 1. The van der Waals surface area contributed by atoms with E-state index < -0.39 is 10.0 Å². The van der Waals surface area contributed by atoms with Crippen LogP contribution >= 0.6 is 15.9 Å². The first-order valence-corrected chi connectivity index (χ1v) is 9.76. The largest absolute Gasteiger partial charge is 0.496 e. The molecule has 0 amide bonds. The van der Waals surface area contributed by atoms with E-state index in [1.165, 1.54) is 0 Å². The van der Waals surface area contributed by atoms with Gasteiger partial charge in [-0.2, -0.15) is 4.31 Å². The van der Waals surface area contributed by atoms with Crippen LogP contribution in [0.25, 0.3) is 0 Å². The molecule has 0 aliphatic carbocycles. The number of nitrogens with one attached hydrogen (secondary N) is 1. The average molecular weight is 391 g/mol. The molecule has 0 aromatic heterocycles. The normalized spacial score (nSPS) is 17.6. The lowest BCUT2D eigenvalue weighted by Gasteiger charge is -2.31. The zero-order valence-electron chi connectivity index (χ0n) is 13.0. The second-order valence-electron chi connectivity index (χ2n) is 5.45. The summed E-state index contributed by atoms with van der Waals surface area (Å²) in [6.45, 7) is 5.18. The number of sulfonamides is 1. The van der Waals surface area contributed by atoms with E-state index >= 15 is 0 Å². The molecule has 1 saturated heterocycles. The summed E-state index contributed by atoms with van der Waals surface area (Å²) in [5, 5.41) is 3.34. The van der Waals surface area contributed by atoms with Crippen LogP contribution in [0.4, 0.5) is 0 Å². The maximum Gasteiger partial charge on any atom is 0.243 e. The van der Waals surface area contributed by atoms with Gasteiger partial charge in [0, 0.05) is 13.1 Å². The minimum atomic E-state index is -3.43. The molecule has 2 rings (SSSR count). The van der Waals surface area contributed by atoms with Crippen LogP contribution < -0.4 is 10.1 Å². The van der Waals surface area contributed by atoms with Crippen molar-refractivity contribution in [2.45, 2.75) is 24.7 Å². The lowest BCUT2D eigenvalue weighted by molar-refractivity contribution is 0.268. The van der Waals surface area contributed by atoms with E-state index in [0.717, 1.165) is 25.9 Å². The Morgan fingerprint density at radius 3 is 2.59 bits per heavy atom. The number of rotatable bonds is 6. The molecular weight excluding hydrogens is 368 g/mol. The zero-order chi connectivity index (χ0) is 16.2. The van der Waals surface area contributed by atoms with Gasteiger partial charge in [0.1, 0.15) is 5.75 Å². The van der Waals surface area contributed by atoms with Gasteiger partial charge in [-0.15, -0.1) is 0 Å². The molecule has 1 aromatic carbocycles. The highest BCUT2D eigenvalue weighted by Crippen LogP contribution is 2.30. The summed E-state index contributed by atoms with van der Waals surface area (Å²) in [7, 11) is -1.87. The van der Waals surface area contributed by atoms with Gasteiger partial charge in [-0.1, -0.05) is 6.92 Å². The van der Waals surface area contributed by atoms with Gasteiger partial charge < -0.3 is 10.1 Å². The highest BCUT2D eigenvalue weighted by Gasteiger charge is 2.29. The van der Waals surface area contributed by atoms with Crippen molar-refractivity contribution >= 4 is 26.0 Å². The number of ether oxygens (including phenoxy) is 1. The maximum atomic E-state index is 12.7. The Bertz CT molecular complexity index is 599. The van der Waals surface area contributed by atoms with Crippen molar-refractivity contribution in [3.05, 3.63) is 22.7 Å². The lowest BCUT2D eigenvalue weighted by atomic mass is 9.98. The fraction of sp³-hybridized carbons (Fsp3) is 0.600. The third-order valence-electron chi connectivity index (χ3n) is 4.02. The third-order valence-corrected chi connectivity index (χ3v) is 6.53. The first-order valence-electron chi connectivity index (χ1n) is 7.53. The van der Waals surface area contributed by atoms with Gasteiger partial charge in [0.15, 0.2) is 0 Å². The maximum absolute atomic E-state index is 12.7. The predicted octanol–water partition coefficient (Wildman–Crippen LogP) is 2.47. The van der Waals surface area contributed by atoms with Gasteiger partial charge >= 0.3 is 0 Å². The van der Waals surface area contributed by atoms with E-state index in [4.69, 9.17) is 4.74 Å². The summed E-state index contributed by atoms with van der Waals surface area (Å²) in [5.41, 5.74) is 0. The standard InChI is InChI=1S/C15H23BrN2O3S/c1-3-17-11-12-6-8-18(9-7-12)22(19,20)13-4-5-15(21-2)14(16)10-13/h4-5,10,12,17H,3,6-9,11H2,1-2H3. The molecule has 0 spiro atoms. The number of halogens is 1. The number of hydrogen-bond donors (Lipinski definition) is 1. The molecular formula is C15H23BrN2O3S. The van der Waals surface area contributed by atoms with E-state index in [2.05, 4.69) is 28.2 Å². The summed E-state index contributed by atoms with van der Waals surface area (Å²) >= 11 is 3.35. The molecule has 1 aromatic rings. The van der Waals surface area contributed by atoms with Gasteiger partial charge in [0.2, 0.25) is 10.0 Å². The van der Waals surface area contributed by atoms with Crippen LogP contribution in [0.1, 0.15) is 19.8 Å². The molecule has 22 heavy (non-hydrogen) atoms. The van der Waals surface area contributed by atoms with E-state index in [-0.39, 0.29) is 0 Å². The highest BCUT2D eigenvalue weighted by molar-refractivity contribution is 9.10. The first-order chi connectivity index (χ1) is 10.5. The van der Waals surface area contributed by atoms with Crippen molar-refractivity contribution in [2.75, 3.05) is 33.3 Å². The topological polar surface area (TPSA) is 58.6 Å². The van der Waals surface area contributed by atoms with Gasteiger partial charge in [-0.05, 0) is 66.0 Å². The van der Waals surface area contributed by atoms with Crippen molar-refractivity contribution < 1.29 is 13.2 Å². The van der Waals surface area contributed by atoms with Gasteiger partial charge in [0.05, 0.1) is 16.5 Å². The number of methoxy groups -OCH3 is 1. The van der Waals surface area contributed by atoms with Crippen LogP contribution in [-0.4, -0.2) is 46.0 Å². The fourth-order valence-corrected chi connectivity index (χ4v) is 4.85. The molecule has 1 heterocycles. The Morgan fingerprint density at radius 1 is 1.36 bits per heavy atom. The van der Waals surface area contributed by atoms with Crippen molar-refractivity contribution in [3.63, 3.8) is 0 Å². The molecule has 1 fully saturated rings. The van der Waals surface area contributed by atoms with Crippen molar-refractivity contribution in [1.29, 1.82) is 0 Å². The Kier molecular flexibility index (Phi) is 6.26. The summed E-state index contributed by atoms with van der Waals surface area (Å²) in [5.74, 6) is 1.19. The van der Waals surface area contributed by atoms with Crippen molar-refractivity contribution in [1.82, 2.24) is 9.62 Å². The molecule has 1 aliphatic rings. The minimum absolute atomic E-state index is 0.310. The van der Waals surface area contributed by atoms with E-state index in [1.54, 1.807) is 29.6 Å². The van der Waals surface area contributed by atoms with Crippen LogP contribution in [0.5, 0.6) is 5.75 Å². The van der Waals surface area contributed by atoms with Crippen LogP contribution in [0.2, 0.25) is 0 Å². The number of hydrogen-bond acceptors (Lipinski definition) is 4. The summed E-state index contributed by atoms with van der Waals surface area (Å²) in [6.07, 6.45) is 1.81. The number of piperidine rings is 1. The smallest absolute Gasteiger partial charge is 0.243 e. The first kappa shape index (κ1) is 17.7. The third kappa shape index (κ3) is 4.01. The van der Waals surface area contributed by atoms with Gasteiger partial charge in [0.25, 0.3) is 0 Å². The molecule has 5 nitrogen and oxygen atoms in total. The molecule has 1 N–H and O–H groups in total. The minimum Gasteiger partial charge on any atom is -0.496 e. The fourth-order valence-electron chi connectivity index (χ4n) is 2.66. The molecule has 0 atom stereocenters. The van der Waals surface area contributed by atoms with E-state index in [0.29, 0.717) is 34.1 Å². The van der Waals surface area contributed by atoms with Gasteiger partial charge in [-0.3, -0.25) is 0 Å². The Morgan fingerprint density at radius 2 is 2.05 bits per heavy atom. The molecule has 124 valence electrons. The van der Waals surface area contributed by atoms with E-state index in [9.17, 15) is 8.42 Å². The van der Waals surface area contributed by atoms with Gasteiger partial charge in [-0.25, -0.2) is 8.42 Å². The van der Waals surface area contributed by atoms with Crippen LogP contribution in [-0.2, 0) is 10.0 Å². The Labute approximate surface area is 141 Å². The second kappa shape index (κ2) is 7.77. The van der Waals surface area contributed by atoms with E-state index in [1.807, 2.05) is 0 Å². The molecule has 1 aliphatic heterocycles. The molecule has 0 unspecified atom stereocenters. The SMILES string of the molecule is CCNCC1CCN(S(=O)(=O)c2ccc(OC)c(Br)c2)CC1. The van der Waals surface area contributed by atoms with Crippen LogP contribution in [0.3, 0.4) is 0 Å². The molecule has 7 heteroatoms. The lowest BCUT2D eigenvalue weighted by Crippen LogP contribution is -2.40. The summed E-state index contributed by atoms with van der Waals surface area (Å²) in [6, 6.07) is 4.89. The van der Waals surface area contributed by atoms with Crippen molar-refractivity contribution in [3.8, 4) is 5.75 Å². The summed E-state index contributed by atoms with van der Waals surface area (Å²) in [4.78, 5) is 0.310. The monoisotopic (exact) mass is 390 g/mol.